The summed E-state index contributed by atoms with van der Waals surface area (Å²) in [7, 11) is 0. The molecule has 3 aliphatic rings. The first-order valence-electron chi connectivity index (χ1n) is 12.2. The minimum absolute atomic E-state index is 0.0444. The second-order valence-corrected chi connectivity index (χ2v) is 10.7. The minimum Gasteiger partial charge on any atom is -0.378 e. The first kappa shape index (κ1) is 23.3. The van der Waals surface area contributed by atoms with E-state index in [1.165, 1.54) is 32.1 Å². The highest BCUT2D eigenvalue weighted by Crippen LogP contribution is 2.65. The van der Waals surface area contributed by atoms with Crippen LogP contribution < -0.4 is 0 Å². The number of hydrogen-bond donors (Lipinski definition) is 1. The maximum absolute atomic E-state index is 13.4. The van der Waals surface area contributed by atoms with Gasteiger partial charge >= 0.3 is 0 Å². The average molecular weight is 417 g/mol. The zero-order chi connectivity index (χ0) is 21.9. The second-order valence-electron chi connectivity index (χ2n) is 10.7. The Kier molecular flexibility index (Phi) is 7.61. The van der Waals surface area contributed by atoms with Crippen LogP contribution in [0.4, 0.5) is 0 Å². The maximum atomic E-state index is 13.4. The third kappa shape index (κ3) is 4.90. The summed E-state index contributed by atoms with van der Waals surface area (Å²) in [5, 5.41) is 19.5. The number of carbonyl (C=O) groups is 2. The molecule has 3 rings (SSSR count). The molecule has 0 aromatic rings. The number of aliphatic hydroxyl groups excluding tert-OH is 1. The van der Waals surface area contributed by atoms with E-state index in [9.17, 15) is 20.0 Å². The van der Waals surface area contributed by atoms with Crippen molar-refractivity contribution in [1.82, 2.24) is 4.90 Å². The highest BCUT2D eigenvalue weighted by molar-refractivity contribution is 5.91. The first-order valence-corrected chi connectivity index (χ1v) is 12.2. The molecule has 1 amide bonds. The summed E-state index contributed by atoms with van der Waals surface area (Å²) in [6.45, 7) is 7.09. The van der Waals surface area contributed by atoms with Crippen LogP contribution in [0, 0.1) is 40.4 Å². The van der Waals surface area contributed by atoms with E-state index in [4.69, 9.17) is 0 Å². The van der Waals surface area contributed by atoms with Crippen LogP contribution in [-0.2, 0) is 9.59 Å². The van der Waals surface area contributed by atoms with Crippen molar-refractivity contribution in [3.63, 3.8) is 0 Å². The van der Waals surface area contributed by atoms with Gasteiger partial charge in [0.15, 0.2) is 5.78 Å². The van der Waals surface area contributed by atoms with Crippen LogP contribution in [0.1, 0.15) is 91.4 Å². The van der Waals surface area contributed by atoms with E-state index in [0.717, 1.165) is 25.7 Å². The molecule has 30 heavy (non-hydrogen) atoms. The van der Waals surface area contributed by atoms with Crippen LogP contribution in [0.2, 0.25) is 0 Å². The van der Waals surface area contributed by atoms with E-state index in [2.05, 4.69) is 13.8 Å². The fourth-order valence-electron chi connectivity index (χ4n) is 6.06. The van der Waals surface area contributed by atoms with E-state index in [0.29, 0.717) is 18.9 Å². The molecule has 5 heteroatoms. The zero-order valence-electron chi connectivity index (χ0n) is 19.1. The first-order chi connectivity index (χ1) is 14.3. The van der Waals surface area contributed by atoms with Gasteiger partial charge in [-0.05, 0) is 30.1 Å². The number of piperidine rings is 1. The summed E-state index contributed by atoms with van der Waals surface area (Å²) in [6, 6.07) is 1.58. The monoisotopic (exact) mass is 416 g/mol. The summed E-state index contributed by atoms with van der Waals surface area (Å²) in [5.74, 6) is 0.427. The number of nitrogens with zero attached hydrogens (tertiary/aromatic N) is 2. The fourth-order valence-corrected chi connectivity index (χ4v) is 6.06. The fraction of sp³-hybridized carbons (Fsp3) is 0.880. The minimum atomic E-state index is -1.11. The Balaban J connectivity index is 1.78. The number of hydrogen-bond acceptors (Lipinski definition) is 4. The normalized spacial score (nSPS) is 36.9. The van der Waals surface area contributed by atoms with Crippen LogP contribution in [0.5, 0.6) is 0 Å². The number of ketones is 1. The molecule has 0 spiro atoms. The lowest BCUT2D eigenvalue weighted by Crippen LogP contribution is -2.48. The molecule has 2 aliphatic heterocycles. The standard InChI is InChI=1S/C25H40N2O3/c1-17-12-10-8-6-4-5-7-9-11-13-18(21(29)15-26)14-20(28)23-22-19(25(22,2)3)16-27(23)24(17)30/h17-19,21-23,29H,4-14,16H2,1-3H3/t17-,18+,19-,21?,22-,23+/m0/s1. The molecule has 1 aliphatic carbocycles. The van der Waals surface area contributed by atoms with Crippen LogP contribution in [0.3, 0.4) is 0 Å². The zero-order valence-corrected chi connectivity index (χ0v) is 19.1. The Hall–Kier alpha value is -1.41. The van der Waals surface area contributed by atoms with Crippen molar-refractivity contribution in [2.24, 2.45) is 29.1 Å². The lowest BCUT2D eigenvalue weighted by Gasteiger charge is -2.33. The van der Waals surface area contributed by atoms with Gasteiger partial charge in [0.1, 0.15) is 6.10 Å². The van der Waals surface area contributed by atoms with Gasteiger partial charge in [0, 0.05) is 24.8 Å². The number of rotatable bonds is 1. The number of Topliss-reactive ketones (excluding diaryl/α,β-unsaturated/α-hetero) is 1. The number of fused-ring (bicyclic) bond motifs is 3. The summed E-state index contributed by atoms with van der Waals surface area (Å²) in [5.41, 5.74) is 0.0996. The summed E-state index contributed by atoms with van der Waals surface area (Å²) in [6.07, 6.45) is 9.82. The number of carbonyl (C=O) groups excluding carboxylic acids is 2. The van der Waals surface area contributed by atoms with Gasteiger partial charge in [-0.15, -0.1) is 0 Å². The van der Waals surface area contributed by atoms with Crippen molar-refractivity contribution in [3.8, 4) is 6.07 Å². The third-order valence-electron chi connectivity index (χ3n) is 8.25. The van der Waals surface area contributed by atoms with Gasteiger partial charge in [-0.1, -0.05) is 72.1 Å². The van der Waals surface area contributed by atoms with Gasteiger partial charge in [0.05, 0.1) is 12.1 Å². The number of amides is 1. The summed E-state index contributed by atoms with van der Waals surface area (Å²) in [4.78, 5) is 28.5. The molecule has 0 aromatic carbocycles. The molecule has 1 saturated carbocycles. The van der Waals surface area contributed by atoms with Gasteiger partial charge in [0.2, 0.25) is 5.91 Å². The molecule has 5 nitrogen and oxygen atoms in total. The predicted octanol–water partition coefficient (Wildman–Crippen LogP) is 4.48. The van der Waals surface area contributed by atoms with E-state index >= 15 is 0 Å². The maximum Gasteiger partial charge on any atom is 0.226 e. The van der Waals surface area contributed by atoms with Gasteiger partial charge in [0.25, 0.3) is 0 Å². The van der Waals surface area contributed by atoms with Crippen LogP contribution in [0.15, 0.2) is 0 Å². The molecule has 2 heterocycles. The highest BCUT2D eigenvalue weighted by Gasteiger charge is 2.69. The van der Waals surface area contributed by atoms with E-state index < -0.39 is 6.10 Å². The molecule has 2 saturated heterocycles. The Labute approximate surface area is 182 Å². The number of nitriles is 1. The summed E-state index contributed by atoms with van der Waals surface area (Å²) < 4.78 is 0. The molecular weight excluding hydrogens is 376 g/mol. The van der Waals surface area contributed by atoms with Crippen LogP contribution in [0.25, 0.3) is 0 Å². The SMILES string of the molecule is C[C@H]1CCCCCCCCCC[C@@H](C(O)C#N)CC(=O)[C@@H]2[C@@H]3[C@H](CN2C1=O)C3(C)C. The Morgan fingerprint density at radius 2 is 1.60 bits per heavy atom. The second kappa shape index (κ2) is 9.81. The van der Waals surface area contributed by atoms with Crippen molar-refractivity contribution in [1.29, 1.82) is 5.26 Å². The highest BCUT2D eigenvalue weighted by atomic mass is 16.3. The molecule has 1 unspecified atom stereocenters. The lowest BCUT2D eigenvalue weighted by molar-refractivity contribution is -0.143. The lowest BCUT2D eigenvalue weighted by atomic mass is 9.86. The van der Waals surface area contributed by atoms with Crippen molar-refractivity contribution in [2.75, 3.05) is 6.54 Å². The van der Waals surface area contributed by atoms with Crippen molar-refractivity contribution >= 4 is 11.7 Å². The van der Waals surface area contributed by atoms with Crippen LogP contribution >= 0.6 is 0 Å². The van der Waals surface area contributed by atoms with Crippen molar-refractivity contribution in [3.05, 3.63) is 0 Å². The smallest absolute Gasteiger partial charge is 0.226 e. The largest absolute Gasteiger partial charge is 0.378 e. The van der Waals surface area contributed by atoms with Gasteiger partial charge in [-0.25, -0.2) is 0 Å². The van der Waals surface area contributed by atoms with Crippen molar-refractivity contribution < 1.29 is 14.7 Å². The topological polar surface area (TPSA) is 81.4 Å². The summed E-state index contributed by atoms with van der Waals surface area (Å²) >= 11 is 0. The molecule has 0 aromatic heterocycles. The Morgan fingerprint density at radius 3 is 2.20 bits per heavy atom. The molecule has 0 bridgehead atoms. The Morgan fingerprint density at radius 1 is 1.03 bits per heavy atom. The molecule has 1 N–H and O–H groups in total. The molecular formula is C25H40N2O3. The average Bonchev–Trinajstić information content (AvgIpc) is 3.06. The molecule has 168 valence electrons. The van der Waals surface area contributed by atoms with Gasteiger partial charge < -0.3 is 10.0 Å². The van der Waals surface area contributed by atoms with Gasteiger partial charge in [-0.3, -0.25) is 9.59 Å². The Bertz CT molecular complexity index is 668. The van der Waals surface area contributed by atoms with Crippen LogP contribution in [-0.4, -0.2) is 40.4 Å². The quantitative estimate of drug-likeness (QED) is 0.639. The number of aliphatic hydroxyl groups is 1. The molecule has 3 fully saturated rings. The third-order valence-corrected chi connectivity index (χ3v) is 8.25. The van der Waals surface area contributed by atoms with E-state index in [1.54, 1.807) is 0 Å². The predicted molar refractivity (Wildman–Crippen MR) is 116 cm³/mol. The molecule has 0 radical (unpaired) electrons. The van der Waals surface area contributed by atoms with Gasteiger partial charge in [-0.2, -0.15) is 5.26 Å². The van der Waals surface area contributed by atoms with Crippen molar-refractivity contribution in [2.45, 2.75) is 104 Å². The van der Waals surface area contributed by atoms with E-state index in [1.807, 2.05) is 17.9 Å². The molecule has 6 atom stereocenters. The van der Waals surface area contributed by atoms with E-state index in [-0.39, 0.29) is 47.3 Å².